The lowest BCUT2D eigenvalue weighted by molar-refractivity contribution is -0.116. The van der Waals surface area contributed by atoms with Gasteiger partial charge in [0.15, 0.2) is 5.13 Å². The van der Waals surface area contributed by atoms with Crippen LogP contribution in [0.2, 0.25) is 0 Å². The fourth-order valence-corrected chi connectivity index (χ4v) is 6.96. The van der Waals surface area contributed by atoms with Gasteiger partial charge in [-0.3, -0.25) is 14.4 Å². The molecule has 10 heteroatoms. The minimum Gasteiger partial charge on any atom is -0.321 e. The lowest BCUT2D eigenvalue weighted by atomic mass is 10.1. The molecule has 50 heavy (non-hydrogen) atoms. The summed E-state index contributed by atoms with van der Waals surface area (Å²) >= 11 is 2.75. The molecule has 0 saturated heterocycles. The van der Waals surface area contributed by atoms with E-state index in [0.29, 0.717) is 21.9 Å². The van der Waals surface area contributed by atoms with Crippen molar-refractivity contribution >= 4 is 57.7 Å². The number of aryl methyl sites for hydroxylation is 1. The van der Waals surface area contributed by atoms with Crippen molar-refractivity contribution in [3.05, 3.63) is 173 Å². The van der Waals surface area contributed by atoms with E-state index in [4.69, 9.17) is 4.98 Å². The summed E-state index contributed by atoms with van der Waals surface area (Å²) in [7, 11) is 0. The van der Waals surface area contributed by atoms with Gasteiger partial charge in [-0.1, -0.05) is 97.1 Å². The summed E-state index contributed by atoms with van der Waals surface area (Å²) in [6, 6.07) is 40.5. The van der Waals surface area contributed by atoms with Gasteiger partial charge in [0.2, 0.25) is 5.91 Å². The maximum absolute atomic E-state index is 13.8. The zero-order valence-corrected chi connectivity index (χ0v) is 28.4. The van der Waals surface area contributed by atoms with E-state index >= 15 is 0 Å². The van der Waals surface area contributed by atoms with E-state index in [1.807, 2.05) is 73.7 Å². The molecule has 3 N–H and O–H groups in total. The van der Waals surface area contributed by atoms with Crippen molar-refractivity contribution in [2.45, 2.75) is 17.1 Å². The van der Waals surface area contributed by atoms with E-state index in [0.717, 1.165) is 26.6 Å². The number of anilines is 2. The molecule has 0 aliphatic heterocycles. The summed E-state index contributed by atoms with van der Waals surface area (Å²) < 4.78 is 13.6. The Morgan fingerprint density at radius 1 is 0.780 bits per heavy atom. The van der Waals surface area contributed by atoms with Gasteiger partial charge in [-0.2, -0.15) is 0 Å². The first-order chi connectivity index (χ1) is 24.3. The monoisotopic (exact) mass is 698 g/mol. The Morgan fingerprint density at radius 2 is 1.44 bits per heavy atom. The number of hydrogen-bond donors (Lipinski definition) is 3. The number of halogens is 1. The maximum atomic E-state index is 13.8. The molecule has 1 unspecified atom stereocenters. The molecule has 1 atom stereocenters. The minimum atomic E-state index is -0.634. The molecule has 5 aromatic carbocycles. The Kier molecular flexibility index (Phi) is 10.9. The Hall–Kier alpha value is -5.84. The topological polar surface area (TPSA) is 100 Å². The number of carbonyl (C=O) groups excluding carboxylic acids is 3. The average molecular weight is 699 g/mol. The Labute approximate surface area is 297 Å². The number of thiazole rings is 1. The average Bonchev–Trinajstić information content (AvgIpc) is 3.51. The summed E-state index contributed by atoms with van der Waals surface area (Å²) in [5.74, 6) is -1.71. The number of carbonyl (C=O) groups is 3. The second-order valence-corrected chi connectivity index (χ2v) is 13.5. The van der Waals surface area contributed by atoms with Crippen LogP contribution in [0, 0.1) is 12.7 Å². The van der Waals surface area contributed by atoms with Crippen molar-refractivity contribution in [3.8, 4) is 11.3 Å². The molecule has 1 aromatic heterocycles. The normalized spacial score (nSPS) is 11.8. The Balaban J connectivity index is 1.22. The zero-order chi connectivity index (χ0) is 34.9. The SMILES string of the molecule is Cc1sc(NC(=O)C(Sc2cccc(NC(=O)/C(=C/c3ccc(F)cc3)NC(=O)c3ccccc3)c2)c2ccccc2)nc1-c1ccccc1. The highest BCUT2D eigenvalue weighted by molar-refractivity contribution is 8.00. The molecule has 3 amide bonds. The molecule has 1 heterocycles. The van der Waals surface area contributed by atoms with Gasteiger partial charge in [0.05, 0.1) is 5.69 Å². The van der Waals surface area contributed by atoms with Crippen LogP contribution in [-0.4, -0.2) is 22.7 Å². The Morgan fingerprint density at radius 3 is 2.14 bits per heavy atom. The number of hydrogen-bond acceptors (Lipinski definition) is 6. The zero-order valence-electron chi connectivity index (χ0n) is 26.8. The number of benzene rings is 5. The molecule has 0 spiro atoms. The van der Waals surface area contributed by atoms with Gasteiger partial charge in [0.1, 0.15) is 16.8 Å². The highest BCUT2D eigenvalue weighted by Gasteiger charge is 2.24. The van der Waals surface area contributed by atoms with Crippen LogP contribution in [0.5, 0.6) is 0 Å². The highest BCUT2D eigenvalue weighted by atomic mass is 32.2. The van der Waals surface area contributed by atoms with Crippen LogP contribution in [-0.2, 0) is 9.59 Å². The summed E-state index contributed by atoms with van der Waals surface area (Å²) in [5, 5.41) is 8.44. The van der Waals surface area contributed by atoms with Gasteiger partial charge in [0.25, 0.3) is 11.8 Å². The van der Waals surface area contributed by atoms with Crippen LogP contribution < -0.4 is 16.0 Å². The van der Waals surface area contributed by atoms with Crippen LogP contribution >= 0.6 is 23.1 Å². The van der Waals surface area contributed by atoms with Gasteiger partial charge < -0.3 is 16.0 Å². The van der Waals surface area contributed by atoms with E-state index < -0.39 is 22.9 Å². The third-order valence-corrected chi connectivity index (χ3v) is 9.60. The highest BCUT2D eigenvalue weighted by Crippen LogP contribution is 2.38. The molecule has 0 saturated carbocycles. The van der Waals surface area contributed by atoms with Crippen molar-refractivity contribution in [1.82, 2.24) is 10.3 Å². The van der Waals surface area contributed by atoms with Crippen LogP contribution in [0.4, 0.5) is 15.2 Å². The summed E-state index contributed by atoms with van der Waals surface area (Å²) in [6.45, 7) is 1.98. The smallest absolute Gasteiger partial charge is 0.272 e. The molecule has 0 aliphatic rings. The number of thioether (sulfide) groups is 1. The van der Waals surface area contributed by atoms with E-state index in [1.54, 1.807) is 48.5 Å². The molecule has 0 radical (unpaired) electrons. The summed E-state index contributed by atoms with van der Waals surface area (Å²) in [4.78, 5) is 46.9. The molecule has 0 fully saturated rings. The molecule has 248 valence electrons. The molecular weight excluding hydrogens is 668 g/mol. The molecule has 0 aliphatic carbocycles. The molecule has 0 bridgehead atoms. The van der Waals surface area contributed by atoms with Crippen LogP contribution in [0.25, 0.3) is 17.3 Å². The largest absolute Gasteiger partial charge is 0.321 e. The maximum Gasteiger partial charge on any atom is 0.272 e. The fourth-order valence-electron chi connectivity index (χ4n) is 5.04. The summed E-state index contributed by atoms with van der Waals surface area (Å²) in [5.41, 5.74) is 3.92. The molecular formula is C40H31FN4O3S2. The minimum absolute atomic E-state index is 0.0290. The van der Waals surface area contributed by atoms with Gasteiger partial charge in [-0.25, -0.2) is 9.37 Å². The number of nitrogens with one attached hydrogen (secondary N) is 3. The lowest BCUT2D eigenvalue weighted by Gasteiger charge is -2.17. The number of amides is 3. The standard InChI is InChI=1S/C40H31FN4O3S2/c1-26-35(28-12-5-2-6-13-28)44-40(49-26)45-39(48)36(29-14-7-3-8-15-29)50-33-19-11-18-32(25-33)42-38(47)34(24-27-20-22-31(41)23-21-27)43-37(46)30-16-9-4-10-17-30/h2-25,36H,1H3,(H,42,47)(H,43,46)(H,44,45,48)/b34-24-. The molecule has 6 rings (SSSR count). The van der Waals surface area contributed by atoms with Gasteiger partial charge in [-0.05, 0) is 66.6 Å². The van der Waals surface area contributed by atoms with Gasteiger partial charge in [0, 0.05) is 26.6 Å². The third-order valence-electron chi connectivity index (χ3n) is 7.47. The first-order valence-corrected chi connectivity index (χ1v) is 17.3. The Bertz CT molecular complexity index is 2140. The first-order valence-electron chi connectivity index (χ1n) is 15.6. The van der Waals surface area contributed by atoms with E-state index in [9.17, 15) is 18.8 Å². The predicted octanol–water partition coefficient (Wildman–Crippen LogP) is 9.14. The second kappa shape index (κ2) is 16.0. The van der Waals surface area contributed by atoms with Gasteiger partial charge >= 0.3 is 0 Å². The van der Waals surface area contributed by atoms with E-state index in [-0.39, 0.29) is 11.6 Å². The van der Waals surface area contributed by atoms with Gasteiger partial charge in [-0.15, -0.1) is 23.1 Å². The quantitative estimate of drug-likeness (QED) is 0.0926. The molecule has 7 nitrogen and oxygen atoms in total. The fraction of sp³-hybridized carbons (Fsp3) is 0.0500. The summed E-state index contributed by atoms with van der Waals surface area (Å²) in [6.07, 6.45) is 1.48. The van der Waals surface area contributed by atoms with Crippen molar-refractivity contribution in [1.29, 1.82) is 0 Å². The third kappa shape index (κ3) is 8.79. The van der Waals surface area contributed by atoms with Crippen molar-refractivity contribution in [3.63, 3.8) is 0 Å². The number of aromatic nitrogens is 1. The predicted molar refractivity (Wildman–Crippen MR) is 199 cm³/mol. The van der Waals surface area contributed by atoms with Crippen molar-refractivity contribution in [2.24, 2.45) is 0 Å². The van der Waals surface area contributed by atoms with E-state index in [1.165, 1.54) is 53.4 Å². The number of rotatable bonds is 11. The number of nitrogens with zero attached hydrogens (tertiary/aromatic N) is 1. The molecule has 6 aromatic rings. The van der Waals surface area contributed by atoms with Crippen molar-refractivity contribution in [2.75, 3.05) is 10.6 Å². The van der Waals surface area contributed by atoms with Crippen LogP contribution in [0.15, 0.2) is 150 Å². The van der Waals surface area contributed by atoms with Crippen LogP contribution in [0.1, 0.15) is 31.6 Å². The lowest BCUT2D eigenvalue weighted by Crippen LogP contribution is -2.30. The second-order valence-electron chi connectivity index (χ2n) is 11.1. The van der Waals surface area contributed by atoms with Crippen LogP contribution in [0.3, 0.4) is 0 Å². The van der Waals surface area contributed by atoms with E-state index in [2.05, 4.69) is 16.0 Å². The first kappa shape index (κ1) is 34.0. The van der Waals surface area contributed by atoms with Crippen molar-refractivity contribution < 1.29 is 18.8 Å².